The molecule has 106 valence electrons. The van der Waals surface area contributed by atoms with E-state index in [4.69, 9.17) is 10.5 Å². The van der Waals surface area contributed by atoms with E-state index in [-0.39, 0.29) is 6.61 Å². The molecule has 0 unspecified atom stereocenters. The van der Waals surface area contributed by atoms with Crippen LogP contribution in [0.2, 0.25) is 0 Å². The summed E-state index contributed by atoms with van der Waals surface area (Å²) in [6.45, 7) is -0.103. The van der Waals surface area contributed by atoms with Gasteiger partial charge in [0.15, 0.2) is 5.13 Å². The Morgan fingerprint density at radius 1 is 1.29 bits per heavy atom. The third kappa shape index (κ3) is 2.85. The molecule has 4 nitrogen and oxygen atoms in total. The lowest BCUT2D eigenvalue weighted by Crippen LogP contribution is -2.06. The minimum Gasteiger partial charge on any atom is -0.457 e. The molecule has 0 aliphatic heterocycles. The van der Waals surface area contributed by atoms with Crippen LogP contribution in [0.5, 0.6) is 0 Å². The second kappa shape index (κ2) is 5.49. The molecule has 0 radical (unpaired) electrons. The number of thiazole rings is 1. The van der Waals surface area contributed by atoms with Gasteiger partial charge in [-0.1, -0.05) is 29.5 Å². The molecular weight excluding hydrogens is 291 g/mol. The molecule has 6 heteroatoms. The molecule has 0 saturated carbocycles. The van der Waals surface area contributed by atoms with Crippen molar-refractivity contribution < 1.29 is 13.9 Å². The molecule has 2 aromatic carbocycles. The maximum Gasteiger partial charge on any atom is 0.338 e. The number of carbonyl (C=O) groups excluding carboxylic acids is 1. The Kier molecular flexibility index (Phi) is 3.53. The summed E-state index contributed by atoms with van der Waals surface area (Å²) in [6, 6.07) is 11.2. The minimum atomic E-state index is -0.507. The van der Waals surface area contributed by atoms with E-state index in [1.807, 2.05) is 0 Å². The Morgan fingerprint density at radius 3 is 2.90 bits per heavy atom. The van der Waals surface area contributed by atoms with E-state index in [0.717, 1.165) is 10.2 Å². The van der Waals surface area contributed by atoms with E-state index >= 15 is 0 Å². The summed E-state index contributed by atoms with van der Waals surface area (Å²) in [5.41, 5.74) is 7.09. The van der Waals surface area contributed by atoms with Crippen molar-refractivity contribution in [2.45, 2.75) is 6.61 Å². The second-order valence-electron chi connectivity index (χ2n) is 4.40. The lowest BCUT2D eigenvalue weighted by molar-refractivity contribution is 0.0469. The van der Waals surface area contributed by atoms with Crippen molar-refractivity contribution in [1.82, 2.24) is 4.98 Å². The third-order valence-corrected chi connectivity index (χ3v) is 3.80. The predicted molar refractivity (Wildman–Crippen MR) is 79.6 cm³/mol. The van der Waals surface area contributed by atoms with Crippen LogP contribution < -0.4 is 5.73 Å². The number of ether oxygens (including phenoxy) is 1. The number of carbonyl (C=O) groups is 1. The quantitative estimate of drug-likeness (QED) is 0.753. The van der Waals surface area contributed by atoms with Gasteiger partial charge in [0.2, 0.25) is 0 Å². The van der Waals surface area contributed by atoms with E-state index in [1.54, 1.807) is 36.4 Å². The fourth-order valence-electron chi connectivity index (χ4n) is 1.91. The first-order chi connectivity index (χ1) is 10.1. The number of rotatable bonds is 3. The largest absolute Gasteiger partial charge is 0.457 e. The van der Waals surface area contributed by atoms with Crippen molar-refractivity contribution in [2.24, 2.45) is 0 Å². The first-order valence-electron chi connectivity index (χ1n) is 6.20. The molecule has 1 heterocycles. The topological polar surface area (TPSA) is 65.2 Å². The van der Waals surface area contributed by atoms with Gasteiger partial charge in [0.1, 0.15) is 12.4 Å². The fourth-order valence-corrected chi connectivity index (χ4v) is 2.68. The van der Waals surface area contributed by atoms with Gasteiger partial charge in [-0.2, -0.15) is 0 Å². The highest BCUT2D eigenvalue weighted by Gasteiger charge is 2.11. The van der Waals surface area contributed by atoms with Crippen molar-refractivity contribution in [2.75, 3.05) is 5.73 Å². The van der Waals surface area contributed by atoms with Crippen molar-refractivity contribution in [1.29, 1.82) is 0 Å². The summed E-state index contributed by atoms with van der Waals surface area (Å²) in [6.07, 6.45) is 0. The predicted octanol–water partition coefficient (Wildman–Crippen LogP) is 3.37. The van der Waals surface area contributed by atoms with E-state index in [9.17, 15) is 9.18 Å². The Balaban J connectivity index is 1.76. The van der Waals surface area contributed by atoms with Crippen LogP contribution in [0.3, 0.4) is 0 Å². The van der Waals surface area contributed by atoms with Crippen LogP contribution in [0.25, 0.3) is 10.2 Å². The van der Waals surface area contributed by atoms with Gasteiger partial charge < -0.3 is 10.5 Å². The molecule has 0 atom stereocenters. The number of halogens is 1. The van der Waals surface area contributed by atoms with Gasteiger partial charge in [-0.25, -0.2) is 14.2 Å². The number of nitrogens with two attached hydrogens (primary N) is 1. The molecule has 2 N–H and O–H groups in total. The first-order valence-corrected chi connectivity index (χ1v) is 7.02. The normalized spacial score (nSPS) is 10.7. The number of nitrogens with zero attached hydrogens (tertiary/aromatic N) is 1. The molecule has 3 aromatic rings. The average Bonchev–Trinajstić information content (AvgIpc) is 2.85. The Bertz CT molecular complexity index is 816. The molecule has 0 fully saturated rings. The maximum absolute atomic E-state index is 13.4. The zero-order chi connectivity index (χ0) is 14.8. The van der Waals surface area contributed by atoms with E-state index in [2.05, 4.69) is 4.98 Å². The minimum absolute atomic E-state index is 0.103. The zero-order valence-electron chi connectivity index (χ0n) is 10.9. The van der Waals surface area contributed by atoms with E-state index in [0.29, 0.717) is 16.3 Å². The highest BCUT2D eigenvalue weighted by molar-refractivity contribution is 7.22. The van der Waals surface area contributed by atoms with Crippen LogP contribution in [0, 0.1) is 5.82 Å². The Hall–Kier alpha value is -2.47. The SMILES string of the molecule is Nc1nc2ccc(C(=O)OCc3ccccc3F)cc2s1. The van der Waals surface area contributed by atoms with Gasteiger partial charge in [0.25, 0.3) is 0 Å². The lowest BCUT2D eigenvalue weighted by Gasteiger charge is -2.05. The number of anilines is 1. The van der Waals surface area contributed by atoms with Gasteiger partial charge >= 0.3 is 5.97 Å². The lowest BCUT2D eigenvalue weighted by atomic mass is 10.2. The average molecular weight is 302 g/mol. The maximum atomic E-state index is 13.4. The summed E-state index contributed by atoms with van der Waals surface area (Å²) < 4.78 is 19.4. The van der Waals surface area contributed by atoms with Gasteiger partial charge in [0.05, 0.1) is 15.8 Å². The van der Waals surface area contributed by atoms with Crippen LogP contribution >= 0.6 is 11.3 Å². The molecule has 0 amide bonds. The number of benzene rings is 2. The van der Waals surface area contributed by atoms with Gasteiger partial charge in [-0.3, -0.25) is 0 Å². The molecule has 0 aliphatic rings. The third-order valence-electron chi connectivity index (χ3n) is 2.96. The first kappa shape index (κ1) is 13.5. The van der Waals surface area contributed by atoms with Crippen molar-refractivity contribution >= 4 is 32.7 Å². The number of hydrogen-bond acceptors (Lipinski definition) is 5. The number of hydrogen-bond donors (Lipinski definition) is 1. The molecule has 0 bridgehead atoms. The molecule has 1 aromatic heterocycles. The number of nitrogen functional groups attached to an aromatic ring is 1. The van der Waals surface area contributed by atoms with Crippen molar-refractivity contribution in [3.63, 3.8) is 0 Å². The van der Waals surface area contributed by atoms with Gasteiger partial charge in [0, 0.05) is 5.56 Å². The highest BCUT2D eigenvalue weighted by Crippen LogP contribution is 2.25. The van der Waals surface area contributed by atoms with E-state index in [1.165, 1.54) is 17.4 Å². The molecular formula is C15H11FN2O2S. The van der Waals surface area contributed by atoms with Crippen LogP contribution in [0.4, 0.5) is 9.52 Å². The van der Waals surface area contributed by atoms with Crippen molar-refractivity contribution in [3.8, 4) is 0 Å². The van der Waals surface area contributed by atoms with Crippen molar-refractivity contribution in [3.05, 3.63) is 59.4 Å². The standard InChI is InChI=1S/C15H11FN2O2S/c16-11-4-2-1-3-10(11)8-20-14(19)9-5-6-12-13(7-9)21-15(17)18-12/h1-7H,8H2,(H2,17,18). The van der Waals surface area contributed by atoms with Crippen LogP contribution in [0.15, 0.2) is 42.5 Å². The number of esters is 1. The Labute approximate surface area is 124 Å². The fraction of sp³-hybridized carbons (Fsp3) is 0.0667. The monoisotopic (exact) mass is 302 g/mol. The van der Waals surface area contributed by atoms with Gasteiger partial charge in [-0.15, -0.1) is 0 Å². The Morgan fingerprint density at radius 2 is 2.10 bits per heavy atom. The van der Waals surface area contributed by atoms with Crippen LogP contribution in [-0.4, -0.2) is 11.0 Å². The second-order valence-corrected chi connectivity index (χ2v) is 5.46. The smallest absolute Gasteiger partial charge is 0.338 e. The molecule has 0 spiro atoms. The highest BCUT2D eigenvalue weighted by atomic mass is 32.1. The van der Waals surface area contributed by atoms with Crippen LogP contribution in [-0.2, 0) is 11.3 Å². The summed E-state index contributed by atoms with van der Waals surface area (Å²) in [5.74, 6) is -0.900. The van der Waals surface area contributed by atoms with E-state index < -0.39 is 11.8 Å². The molecule has 3 rings (SSSR count). The molecule has 21 heavy (non-hydrogen) atoms. The van der Waals surface area contributed by atoms with Gasteiger partial charge in [-0.05, 0) is 24.3 Å². The summed E-state index contributed by atoms with van der Waals surface area (Å²) in [5, 5.41) is 0.446. The zero-order valence-corrected chi connectivity index (χ0v) is 11.7. The number of fused-ring (bicyclic) bond motifs is 1. The number of aromatic nitrogens is 1. The molecule has 0 saturated heterocycles. The molecule has 0 aliphatic carbocycles. The summed E-state index contributed by atoms with van der Waals surface area (Å²) in [4.78, 5) is 16.1. The summed E-state index contributed by atoms with van der Waals surface area (Å²) in [7, 11) is 0. The summed E-state index contributed by atoms with van der Waals surface area (Å²) >= 11 is 1.30. The van der Waals surface area contributed by atoms with Crippen LogP contribution in [0.1, 0.15) is 15.9 Å².